The Morgan fingerprint density at radius 1 is 1.02 bits per heavy atom. The summed E-state index contributed by atoms with van der Waals surface area (Å²) in [7, 11) is 0. The molecule has 1 atom stereocenters. The molecule has 2 aromatic carbocycles. The molecule has 0 bridgehead atoms. The van der Waals surface area contributed by atoms with E-state index in [4.69, 9.17) is 27.9 Å². The second-order valence-corrected chi connectivity index (χ2v) is 12.9. The summed E-state index contributed by atoms with van der Waals surface area (Å²) in [6.07, 6.45) is 0.142. The fraction of sp³-hybridized carbons (Fsp3) is 0.419. The topological polar surface area (TPSA) is 115 Å². The SMILES string of the molecule is CC1c2c(Cl)cc(Cl)cc2CCN1C(=O)CNc1cc2cc(C(=O)N3CCN(C(=O)OC(C)(C)C)CC3)[nH]c(=O)c2cc1F. The molecule has 3 heterocycles. The number of anilines is 1. The second-order valence-electron chi connectivity index (χ2n) is 12.0. The van der Waals surface area contributed by atoms with Crippen LogP contribution in [-0.4, -0.2) is 82.5 Å². The number of rotatable bonds is 4. The van der Waals surface area contributed by atoms with Crippen molar-refractivity contribution < 1.29 is 23.5 Å². The van der Waals surface area contributed by atoms with E-state index in [0.29, 0.717) is 28.4 Å². The van der Waals surface area contributed by atoms with E-state index in [9.17, 15) is 19.2 Å². The normalized spacial score (nSPS) is 17.0. The number of aromatic nitrogens is 1. The minimum Gasteiger partial charge on any atom is -0.444 e. The highest BCUT2D eigenvalue weighted by molar-refractivity contribution is 6.35. The molecule has 2 N–H and O–H groups in total. The smallest absolute Gasteiger partial charge is 0.410 e. The predicted octanol–water partition coefficient (Wildman–Crippen LogP) is 5.22. The van der Waals surface area contributed by atoms with Crippen LogP contribution in [0.15, 0.2) is 35.1 Å². The first kappa shape index (κ1) is 31.6. The summed E-state index contributed by atoms with van der Waals surface area (Å²) in [5.41, 5.74) is 0.660. The van der Waals surface area contributed by atoms with E-state index in [-0.39, 0.29) is 61.4 Å². The van der Waals surface area contributed by atoms with Gasteiger partial charge in [0.25, 0.3) is 11.5 Å². The lowest BCUT2D eigenvalue weighted by Gasteiger charge is -2.36. The van der Waals surface area contributed by atoms with Crippen LogP contribution in [0.3, 0.4) is 0 Å². The third-order valence-electron chi connectivity index (χ3n) is 7.82. The van der Waals surface area contributed by atoms with E-state index in [1.54, 1.807) is 31.7 Å². The van der Waals surface area contributed by atoms with E-state index in [1.807, 2.05) is 13.0 Å². The molecule has 3 aromatic rings. The maximum absolute atomic E-state index is 15.0. The van der Waals surface area contributed by atoms with Gasteiger partial charge in [-0.25, -0.2) is 9.18 Å². The first-order valence-corrected chi connectivity index (χ1v) is 15.1. The van der Waals surface area contributed by atoms with Crippen molar-refractivity contribution in [2.24, 2.45) is 0 Å². The molecule has 3 amide bonds. The number of carbonyl (C=O) groups is 3. The number of ether oxygens (including phenoxy) is 1. The number of benzene rings is 2. The minimum atomic E-state index is -0.706. The second kappa shape index (κ2) is 12.3. The van der Waals surface area contributed by atoms with Gasteiger partial charge in [-0.1, -0.05) is 23.2 Å². The Labute approximate surface area is 264 Å². The van der Waals surface area contributed by atoms with Crippen LogP contribution in [0.25, 0.3) is 10.8 Å². The Bertz CT molecular complexity index is 1700. The van der Waals surface area contributed by atoms with Crippen LogP contribution in [0.2, 0.25) is 10.0 Å². The van der Waals surface area contributed by atoms with Crippen LogP contribution in [0.1, 0.15) is 55.4 Å². The largest absolute Gasteiger partial charge is 0.444 e. The summed E-state index contributed by atoms with van der Waals surface area (Å²) < 4.78 is 20.4. The van der Waals surface area contributed by atoms with Crippen molar-refractivity contribution in [2.45, 2.75) is 45.8 Å². The highest BCUT2D eigenvalue weighted by Crippen LogP contribution is 2.37. The molecule has 0 aliphatic carbocycles. The van der Waals surface area contributed by atoms with Gasteiger partial charge in [-0.05, 0) is 81.0 Å². The predicted molar refractivity (Wildman–Crippen MR) is 167 cm³/mol. The maximum atomic E-state index is 15.0. The Kier molecular flexibility index (Phi) is 8.82. The van der Waals surface area contributed by atoms with Gasteiger partial charge in [0.1, 0.15) is 17.1 Å². The lowest BCUT2D eigenvalue weighted by molar-refractivity contribution is -0.131. The van der Waals surface area contributed by atoms with E-state index < -0.39 is 29.0 Å². The molecule has 1 aromatic heterocycles. The molecule has 234 valence electrons. The van der Waals surface area contributed by atoms with Crippen LogP contribution in [0.4, 0.5) is 14.9 Å². The van der Waals surface area contributed by atoms with Crippen LogP contribution < -0.4 is 10.9 Å². The van der Waals surface area contributed by atoms with Gasteiger partial charge in [0, 0.05) is 42.8 Å². The molecule has 1 fully saturated rings. The molecule has 2 aliphatic heterocycles. The first-order valence-electron chi connectivity index (χ1n) is 14.4. The molecule has 13 heteroatoms. The van der Waals surface area contributed by atoms with Gasteiger partial charge >= 0.3 is 6.09 Å². The number of hydrogen-bond acceptors (Lipinski definition) is 6. The Balaban J connectivity index is 1.28. The molecule has 0 spiro atoms. The number of nitrogens with zero attached hydrogens (tertiary/aromatic N) is 3. The number of piperazine rings is 1. The van der Waals surface area contributed by atoms with Crippen LogP contribution in [0, 0.1) is 5.82 Å². The van der Waals surface area contributed by atoms with Crippen molar-refractivity contribution >= 4 is 57.6 Å². The Morgan fingerprint density at radius 3 is 2.39 bits per heavy atom. The third-order valence-corrected chi connectivity index (χ3v) is 8.35. The molecule has 0 saturated carbocycles. The summed E-state index contributed by atoms with van der Waals surface area (Å²) in [6.45, 7) is 8.59. The zero-order valence-corrected chi connectivity index (χ0v) is 26.4. The number of H-pyrrole nitrogens is 1. The van der Waals surface area contributed by atoms with Crippen molar-refractivity contribution in [3.63, 3.8) is 0 Å². The average Bonchev–Trinajstić information content (AvgIpc) is 2.95. The average molecular weight is 647 g/mol. The van der Waals surface area contributed by atoms with E-state index in [1.165, 1.54) is 21.9 Å². The lowest BCUT2D eigenvalue weighted by atomic mass is 9.93. The number of fused-ring (bicyclic) bond motifs is 2. The summed E-state index contributed by atoms with van der Waals surface area (Å²) >= 11 is 12.6. The molecular weight excluding hydrogens is 612 g/mol. The number of hydrogen-bond donors (Lipinski definition) is 2. The highest BCUT2D eigenvalue weighted by atomic mass is 35.5. The van der Waals surface area contributed by atoms with E-state index >= 15 is 4.39 Å². The molecule has 44 heavy (non-hydrogen) atoms. The summed E-state index contributed by atoms with van der Waals surface area (Å²) in [5, 5.41) is 4.30. The molecule has 5 rings (SSSR count). The zero-order chi connectivity index (χ0) is 31.9. The number of nitrogens with one attached hydrogen (secondary N) is 2. The lowest BCUT2D eigenvalue weighted by Crippen LogP contribution is -2.51. The van der Waals surface area contributed by atoms with Gasteiger partial charge < -0.3 is 29.7 Å². The fourth-order valence-electron chi connectivity index (χ4n) is 5.64. The summed E-state index contributed by atoms with van der Waals surface area (Å²) in [5.74, 6) is -1.37. The van der Waals surface area contributed by atoms with Gasteiger partial charge in [-0.15, -0.1) is 0 Å². The molecule has 1 unspecified atom stereocenters. The fourth-order valence-corrected chi connectivity index (χ4v) is 6.34. The molecule has 0 radical (unpaired) electrons. The minimum absolute atomic E-state index is 0.0238. The van der Waals surface area contributed by atoms with Crippen LogP contribution in [-0.2, 0) is 16.0 Å². The maximum Gasteiger partial charge on any atom is 0.410 e. The monoisotopic (exact) mass is 645 g/mol. The Morgan fingerprint density at radius 2 is 1.70 bits per heavy atom. The molecule has 10 nitrogen and oxygen atoms in total. The third kappa shape index (κ3) is 6.63. The van der Waals surface area contributed by atoms with Crippen molar-refractivity contribution in [3.8, 4) is 0 Å². The van der Waals surface area contributed by atoms with Crippen LogP contribution >= 0.6 is 23.2 Å². The number of pyridine rings is 1. The van der Waals surface area contributed by atoms with Gasteiger partial charge in [-0.3, -0.25) is 14.4 Å². The zero-order valence-electron chi connectivity index (χ0n) is 24.9. The summed E-state index contributed by atoms with van der Waals surface area (Å²) in [6, 6.07) is 7.20. The van der Waals surface area contributed by atoms with Gasteiger partial charge in [0.2, 0.25) is 5.91 Å². The van der Waals surface area contributed by atoms with Crippen molar-refractivity contribution in [1.29, 1.82) is 0 Å². The van der Waals surface area contributed by atoms with Crippen LogP contribution in [0.5, 0.6) is 0 Å². The van der Waals surface area contributed by atoms with E-state index in [2.05, 4.69) is 10.3 Å². The quantitative estimate of drug-likeness (QED) is 0.402. The van der Waals surface area contributed by atoms with E-state index in [0.717, 1.165) is 17.2 Å². The van der Waals surface area contributed by atoms with Crippen molar-refractivity contribution in [1.82, 2.24) is 19.7 Å². The molecular formula is C31H34Cl2FN5O5. The molecule has 1 saturated heterocycles. The molecule has 2 aliphatic rings. The number of carbonyl (C=O) groups excluding carboxylic acids is 3. The number of halogens is 3. The standard InChI is InChI=1S/C31H34Cl2FN5O5/c1-17-27-18(11-20(32)14-22(27)33)5-6-39(17)26(40)16-35-24-12-19-13-25(36-28(41)21(19)15-23(24)34)29(42)37-7-9-38(10-8-37)30(43)44-31(2,3)4/h11-15,17,35H,5-10,16H2,1-4H3,(H,36,41). The van der Waals surface area contributed by atoms with Crippen molar-refractivity contribution in [2.75, 3.05) is 44.6 Å². The first-order chi connectivity index (χ1) is 20.7. The Hall–Kier alpha value is -3.83. The summed E-state index contributed by atoms with van der Waals surface area (Å²) in [4.78, 5) is 58.9. The highest BCUT2D eigenvalue weighted by Gasteiger charge is 2.31. The van der Waals surface area contributed by atoms with Crippen molar-refractivity contribution in [3.05, 3.63) is 73.4 Å². The van der Waals surface area contributed by atoms with Gasteiger partial charge in [-0.2, -0.15) is 0 Å². The van der Waals surface area contributed by atoms with Gasteiger partial charge in [0.05, 0.1) is 23.7 Å². The van der Waals surface area contributed by atoms with Gasteiger partial charge in [0.15, 0.2) is 0 Å². The number of aromatic amines is 1. The number of amides is 3.